The van der Waals surface area contributed by atoms with Gasteiger partial charge in [0.05, 0.1) is 46.9 Å². The molecule has 7 nitrogen and oxygen atoms in total. The lowest BCUT2D eigenvalue weighted by molar-refractivity contribution is -0.0169. The van der Waals surface area contributed by atoms with E-state index in [9.17, 15) is 5.26 Å². The molecule has 2 atom stereocenters. The molecule has 0 radical (unpaired) electrons. The molecule has 228 valence electrons. The Labute approximate surface area is 264 Å². The van der Waals surface area contributed by atoms with Crippen molar-refractivity contribution in [2.24, 2.45) is 23.2 Å². The standard InChI is InChI=1S/C36H39ClN4O3/c1-22-10-25-11-23(2)16-36(15-22,17-25)21-44-34-14-31-28(13-33(34)42-4)35(26(18-38)19-40-31)41-30-8-7-27(12-29(30)37)43-20-32-24(3)6-5-9-39-32/h5-9,12-14,19,22-23,25H,10-11,15-17,20-21H2,1-4H3,(H,40,41). The average molecular weight is 611 g/mol. The second kappa shape index (κ2) is 12.5. The van der Waals surface area contributed by atoms with Crippen LogP contribution < -0.4 is 19.5 Å². The first kappa shape index (κ1) is 30.0. The van der Waals surface area contributed by atoms with Gasteiger partial charge in [0.15, 0.2) is 11.5 Å². The first-order chi connectivity index (χ1) is 21.3. The van der Waals surface area contributed by atoms with Gasteiger partial charge in [0.25, 0.3) is 0 Å². The van der Waals surface area contributed by atoms with Gasteiger partial charge in [-0.05, 0) is 86.6 Å². The van der Waals surface area contributed by atoms with Crippen LogP contribution >= 0.6 is 11.6 Å². The molecule has 2 fully saturated rings. The van der Waals surface area contributed by atoms with Crippen molar-refractivity contribution in [2.75, 3.05) is 19.0 Å². The third-order valence-electron chi connectivity index (χ3n) is 9.26. The Morgan fingerprint density at radius 3 is 2.52 bits per heavy atom. The first-order valence-electron chi connectivity index (χ1n) is 15.4. The Hall–Kier alpha value is -4.02. The number of aryl methyl sites for hydroxylation is 1. The van der Waals surface area contributed by atoms with Gasteiger partial charge in [0.2, 0.25) is 0 Å². The number of hydrogen-bond donors (Lipinski definition) is 1. The molecule has 2 aliphatic carbocycles. The summed E-state index contributed by atoms with van der Waals surface area (Å²) < 4.78 is 18.3. The van der Waals surface area contributed by atoms with E-state index in [1.807, 2.05) is 43.3 Å². The number of nitriles is 1. The summed E-state index contributed by atoms with van der Waals surface area (Å²) in [6, 6.07) is 15.4. The number of halogens is 1. The molecular weight excluding hydrogens is 572 g/mol. The lowest BCUT2D eigenvalue weighted by atomic mass is 9.57. The van der Waals surface area contributed by atoms with Crippen molar-refractivity contribution in [3.63, 3.8) is 0 Å². The maximum atomic E-state index is 9.96. The fourth-order valence-electron chi connectivity index (χ4n) is 7.65. The first-order valence-corrected chi connectivity index (χ1v) is 15.8. The van der Waals surface area contributed by atoms with Gasteiger partial charge < -0.3 is 19.5 Å². The Bertz CT molecular complexity index is 1700. The van der Waals surface area contributed by atoms with Crippen molar-refractivity contribution in [3.05, 3.63) is 76.7 Å². The van der Waals surface area contributed by atoms with Crippen LogP contribution in [0.2, 0.25) is 5.02 Å². The highest BCUT2D eigenvalue weighted by atomic mass is 35.5. The van der Waals surface area contributed by atoms with Gasteiger partial charge in [-0.2, -0.15) is 5.26 Å². The molecule has 8 heteroatoms. The highest BCUT2D eigenvalue weighted by Gasteiger charge is 2.44. The monoisotopic (exact) mass is 610 g/mol. The summed E-state index contributed by atoms with van der Waals surface area (Å²) in [5.74, 6) is 4.15. The number of nitrogens with zero attached hydrogens (tertiary/aromatic N) is 3. The largest absolute Gasteiger partial charge is 0.493 e. The Balaban J connectivity index is 1.25. The molecule has 0 saturated heterocycles. The molecule has 0 aliphatic heterocycles. The molecule has 0 amide bonds. The quantitative estimate of drug-likeness (QED) is 0.202. The van der Waals surface area contributed by atoms with Gasteiger partial charge >= 0.3 is 0 Å². The van der Waals surface area contributed by atoms with Gasteiger partial charge in [-0.15, -0.1) is 0 Å². The van der Waals surface area contributed by atoms with Gasteiger partial charge in [0.1, 0.15) is 18.4 Å². The van der Waals surface area contributed by atoms with E-state index in [1.165, 1.54) is 32.1 Å². The number of benzene rings is 2. The minimum Gasteiger partial charge on any atom is -0.493 e. The van der Waals surface area contributed by atoms with Crippen LogP contribution in [-0.4, -0.2) is 23.7 Å². The molecule has 44 heavy (non-hydrogen) atoms. The summed E-state index contributed by atoms with van der Waals surface area (Å²) in [6.45, 7) is 7.78. The molecule has 2 aromatic carbocycles. The van der Waals surface area contributed by atoms with E-state index < -0.39 is 0 Å². The third-order valence-corrected chi connectivity index (χ3v) is 9.57. The highest BCUT2D eigenvalue weighted by molar-refractivity contribution is 6.33. The zero-order valence-corrected chi connectivity index (χ0v) is 26.6. The molecule has 2 saturated carbocycles. The van der Waals surface area contributed by atoms with Crippen LogP contribution in [0, 0.1) is 41.4 Å². The van der Waals surface area contributed by atoms with Crippen LogP contribution in [0.25, 0.3) is 10.9 Å². The zero-order chi connectivity index (χ0) is 30.8. The van der Waals surface area contributed by atoms with E-state index in [-0.39, 0.29) is 5.41 Å². The number of methoxy groups -OCH3 is 1. The summed E-state index contributed by atoms with van der Waals surface area (Å²) in [5, 5.41) is 14.5. The van der Waals surface area contributed by atoms with Gasteiger partial charge in [0, 0.05) is 35.3 Å². The predicted molar refractivity (Wildman–Crippen MR) is 174 cm³/mol. The molecule has 2 unspecified atom stereocenters. The number of fused-ring (bicyclic) bond motifs is 3. The van der Waals surface area contributed by atoms with Crippen LogP contribution in [0.3, 0.4) is 0 Å². The van der Waals surface area contributed by atoms with Crippen LogP contribution in [-0.2, 0) is 6.61 Å². The summed E-state index contributed by atoms with van der Waals surface area (Å²) in [7, 11) is 1.64. The maximum absolute atomic E-state index is 9.96. The van der Waals surface area contributed by atoms with Crippen molar-refractivity contribution in [1.29, 1.82) is 5.26 Å². The van der Waals surface area contributed by atoms with Crippen LogP contribution in [0.15, 0.2) is 54.9 Å². The number of rotatable bonds is 9. The number of aromatic nitrogens is 2. The van der Waals surface area contributed by atoms with E-state index in [0.29, 0.717) is 57.9 Å². The topological polar surface area (TPSA) is 89.3 Å². The molecule has 2 aliphatic rings. The van der Waals surface area contributed by atoms with Crippen molar-refractivity contribution >= 4 is 33.9 Å². The molecular formula is C36H39ClN4O3. The third kappa shape index (κ3) is 6.27. The number of pyridine rings is 2. The molecule has 6 rings (SSSR count). The molecule has 2 bridgehead atoms. The number of hydrogen-bond acceptors (Lipinski definition) is 7. The molecule has 4 aromatic rings. The normalized spacial score (nSPS) is 22.7. The molecule has 0 spiro atoms. The van der Waals surface area contributed by atoms with Gasteiger partial charge in [-0.25, -0.2) is 0 Å². The minimum atomic E-state index is 0.202. The summed E-state index contributed by atoms with van der Waals surface area (Å²) in [6.07, 6.45) is 9.64. The summed E-state index contributed by atoms with van der Waals surface area (Å²) >= 11 is 6.70. The van der Waals surface area contributed by atoms with E-state index in [2.05, 4.69) is 35.2 Å². The van der Waals surface area contributed by atoms with Crippen molar-refractivity contribution in [1.82, 2.24) is 9.97 Å². The smallest absolute Gasteiger partial charge is 0.163 e. The maximum Gasteiger partial charge on any atom is 0.163 e. The van der Waals surface area contributed by atoms with E-state index >= 15 is 0 Å². The summed E-state index contributed by atoms with van der Waals surface area (Å²) in [5.41, 5.74) is 4.48. The second-order valence-corrected chi connectivity index (χ2v) is 13.4. The fraction of sp³-hybridized carbons (Fsp3) is 0.417. The van der Waals surface area contributed by atoms with Gasteiger partial charge in [-0.1, -0.05) is 31.5 Å². The minimum absolute atomic E-state index is 0.202. The fourth-order valence-corrected chi connectivity index (χ4v) is 7.87. The van der Waals surface area contributed by atoms with E-state index in [0.717, 1.165) is 34.4 Å². The molecule has 1 N–H and O–H groups in total. The molecule has 2 heterocycles. The van der Waals surface area contributed by atoms with Gasteiger partial charge in [-0.3, -0.25) is 9.97 Å². The lowest BCUT2D eigenvalue weighted by Crippen LogP contribution is -2.42. The van der Waals surface area contributed by atoms with Crippen LogP contribution in [0.4, 0.5) is 11.4 Å². The predicted octanol–water partition coefficient (Wildman–Crippen LogP) is 9.03. The Kier molecular flexibility index (Phi) is 8.55. The number of anilines is 2. The second-order valence-electron chi connectivity index (χ2n) is 13.0. The lowest BCUT2D eigenvalue weighted by Gasteiger charge is -2.49. The van der Waals surface area contributed by atoms with Crippen LogP contribution in [0.5, 0.6) is 17.2 Å². The highest BCUT2D eigenvalue weighted by Crippen LogP contribution is 2.53. The van der Waals surface area contributed by atoms with Crippen LogP contribution in [0.1, 0.15) is 62.8 Å². The molecule has 2 aromatic heterocycles. The number of ether oxygens (including phenoxy) is 3. The number of nitrogens with one attached hydrogen (secondary N) is 1. The Morgan fingerprint density at radius 2 is 1.82 bits per heavy atom. The zero-order valence-electron chi connectivity index (χ0n) is 25.8. The van der Waals surface area contributed by atoms with E-state index in [1.54, 1.807) is 25.6 Å². The summed E-state index contributed by atoms with van der Waals surface area (Å²) in [4.78, 5) is 9.00. The average Bonchev–Trinajstić information content (AvgIpc) is 2.99. The Morgan fingerprint density at radius 1 is 1.02 bits per heavy atom. The van der Waals surface area contributed by atoms with Crippen molar-refractivity contribution in [3.8, 4) is 23.3 Å². The SMILES string of the molecule is COc1cc2c(Nc3ccc(OCc4ncccc4C)cc3Cl)c(C#N)cnc2cc1OCC12CC(C)CC(CC(C)C1)C2. The van der Waals surface area contributed by atoms with Crippen molar-refractivity contribution < 1.29 is 14.2 Å². The van der Waals surface area contributed by atoms with Crippen molar-refractivity contribution in [2.45, 2.75) is 59.5 Å². The van der Waals surface area contributed by atoms with E-state index in [4.69, 9.17) is 25.8 Å².